The van der Waals surface area contributed by atoms with E-state index < -0.39 is 6.10 Å². The number of halogens is 1. The molecule has 6 heteroatoms. The lowest BCUT2D eigenvalue weighted by atomic mass is 10.1. The van der Waals surface area contributed by atoms with Gasteiger partial charge in [-0.05, 0) is 35.7 Å². The van der Waals surface area contributed by atoms with E-state index in [1.165, 1.54) is 11.9 Å². The molecule has 1 atom stereocenters. The molecule has 2 aromatic heterocycles. The van der Waals surface area contributed by atoms with Crippen LogP contribution in [0.4, 0.5) is 0 Å². The van der Waals surface area contributed by atoms with Gasteiger partial charge in [-0.1, -0.05) is 23.7 Å². The molecule has 0 aliphatic heterocycles. The van der Waals surface area contributed by atoms with Gasteiger partial charge in [0.2, 0.25) is 0 Å². The summed E-state index contributed by atoms with van der Waals surface area (Å²) in [7, 11) is 0. The molecular formula is C16H16ClN3O2. The molecule has 0 spiro atoms. The van der Waals surface area contributed by atoms with Crippen LogP contribution in [0, 0.1) is 0 Å². The van der Waals surface area contributed by atoms with Crippen LogP contribution in [0.2, 0.25) is 5.02 Å². The Balaban J connectivity index is 1.56. The SMILES string of the molecule is OC(CCc1cc(Cc2ccc(Cl)cc2)co1)c1ncn[nH]1. The fraction of sp³-hybridized carbons (Fsp3) is 0.250. The number of aromatic nitrogens is 3. The first-order valence-electron chi connectivity index (χ1n) is 7.05. The van der Waals surface area contributed by atoms with E-state index in [1.54, 1.807) is 6.26 Å². The molecule has 0 fully saturated rings. The molecule has 2 N–H and O–H groups in total. The first-order chi connectivity index (χ1) is 10.7. The fourth-order valence-corrected chi connectivity index (χ4v) is 2.41. The van der Waals surface area contributed by atoms with Crippen LogP contribution >= 0.6 is 11.6 Å². The predicted molar refractivity (Wildman–Crippen MR) is 82.6 cm³/mol. The summed E-state index contributed by atoms with van der Waals surface area (Å²) in [5, 5.41) is 17.1. The molecular weight excluding hydrogens is 302 g/mol. The number of aryl methyl sites for hydroxylation is 1. The minimum absolute atomic E-state index is 0.480. The normalized spacial score (nSPS) is 12.5. The van der Waals surface area contributed by atoms with Gasteiger partial charge in [0.15, 0.2) is 5.82 Å². The number of rotatable bonds is 6. The molecule has 0 radical (unpaired) electrons. The van der Waals surface area contributed by atoms with Crippen molar-refractivity contribution in [3.05, 3.63) is 70.7 Å². The van der Waals surface area contributed by atoms with Gasteiger partial charge in [0.05, 0.1) is 6.26 Å². The number of hydrogen-bond donors (Lipinski definition) is 2. The van der Waals surface area contributed by atoms with E-state index in [0.717, 1.165) is 22.8 Å². The van der Waals surface area contributed by atoms with Gasteiger partial charge in [0.1, 0.15) is 18.2 Å². The van der Waals surface area contributed by atoms with Crippen LogP contribution in [-0.4, -0.2) is 20.3 Å². The summed E-state index contributed by atoms with van der Waals surface area (Å²) in [5.74, 6) is 1.33. The van der Waals surface area contributed by atoms with E-state index in [2.05, 4.69) is 15.2 Å². The van der Waals surface area contributed by atoms with Crippen molar-refractivity contribution in [2.45, 2.75) is 25.4 Å². The zero-order valence-electron chi connectivity index (χ0n) is 11.9. The largest absolute Gasteiger partial charge is 0.469 e. The van der Waals surface area contributed by atoms with Crippen LogP contribution in [0.15, 0.2) is 47.3 Å². The zero-order valence-corrected chi connectivity index (χ0v) is 12.6. The quantitative estimate of drug-likeness (QED) is 0.731. The number of aliphatic hydroxyl groups excluding tert-OH is 1. The number of H-pyrrole nitrogens is 1. The van der Waals surface area contributed by atoms with Crippen molar-refractivity contribution in [3.8, 4) is 0 Å². The summed E-state index contributed by atoms with van der Waals surface area (Å²) in [4.78, 5) is 3.94. The number of nitrogens with one attached hydrogen (secondary N) is 1. The maximum atomic E-state index is 9.95. The van der Waals surface area contributed by atoms with Crippen LogP contribution in [0.3, 0.4) is 0 Å². The van der Waals surface area contributed by atoms with Crippen LogP contribution in [0.1, 0.15) is 35.2 Å². The zero-order chi connectivity index (χ0) is 15.4. The summed E-state index contributed by atoms with van der Waals surface area (Å²) in [6, 6.07) is 9.78. The molecule has 22 heavy (non-hydrogen) atoms. The Hall–Kier alpha value is -2.11. The highest BCUT2D eigenvalue weighted by Crippen LogP contribution is 2.19. The smallest absolute Gasteiger partial charge is 0.153 e. The second-order valence-corrected chi connectivity index (χ2v) is 5.59. The lowest BCUT2D eigenvalue weighted by Crippen LogP contribution is -2.01. The lowest BCUT2D eigenvalue weighted by Gasteiger charge is -2.04. The number of aromatic amines is 1. The Morgan fingerprint density at radius 1 is 1.23 bits per heavy atom. The first kappa shape index (κ1) is 14.8. The number of nitrogens with zero attached hydrogens (tertiary/aromatic N) is 2. The fourth-order valence-electron chi connectivity index (χ4n) is 2.28. The monoisotopic (exact) mass is 317 g/mol. The van der Waals surface area contributed by atoms with Gasteiger partial charge in [0.25, 0.3) is 0 Å². The summed E-state index contributed by atoms with van der Waals surface area (Å²) in [6.45, 7) is 0. The minimum atomic E-state index is -0.660. The van der Waals surface area contributed by atoms with E-state index >= 15 is 0 Å². The van der Waals surface area contributed by atoms with Crippen molar-refractivity contribution in [2.75, 3.05) is 0 Å². The highest BCUT2D eigenvalue weighted by molar-refractivity contribution is 6.30. The number of aliphatic hydroxyl groups is 1. The third kappa shape index (κ3) is 3.75. The van der Waals surface area contributed by atoms with Crippen molar-refractivity contribution < 1.29 is 9.52 Å². The average molecular weight is 318 g/mol. The molecule has 3 aromatic rings. The molecule has 0 bridgehead atoms. The van der Waals surface area contributed by atoms with Crippen molar-refractivity contribution in [2.24, 2.45) is 0 Å². The Bertz CT molecular complexity index is 707. The molecule has 0 amide bonds. The molecule has 0 aliphatic carbocycles. The second kappa shape index (κ2) is 6.77. The van der Waals surface area contributed by atoms with Crippen LogP contribution < -0.4 is 0 Å². The molecule has 0 aliphatic rings. The number of benzene rings is 1. The molecule has 1 aromatic carbocycles. The van der Waals surface area contributed by atoms with Crippen LogP contribution in [0.5, 0.6) is 0 Å². The standard InChI is InChI=1S/C16H16ClN3O2/c17-13-3-1-11(2-4-13)7-12-8-14(22-9-12)5-6-15(21)16-18-10-19-20-16/h1-4,8-10,15,21H,5-7H2,(H,18,19,20). The van der Waals surface area contributed by atoms with Crippen molar-refractivity contribution in [1.29, 1.82) is 0 Å². The van der Waals surface area contributed by atoms with Crippen molar-refractivity contribution in [1.82, 2.24) is 15.2 Å². The highest BCUT2D eigenvalue weighted by atomic mass is 35.5. The molecule has 0 saturated carbocycles. The van der Waals surface area contributed by atoms with Gasteiger partial charge in [0, 0.05) is 17.9 Å². The number of furan rings is 1. The lowest BCUT2D eigenvalue weighted by molar-refractivity contribution is 0.156. The average Bonchev–Trinajstić information content (AvgIpc) is 3.19. The van der Waals surface area contributed by atoms with E-state index in [9.17, 15) is 5.11 Å². The van der Waals surface area contributed by atoms with E-state index in [4.69, 9.17) is 16.0 Å². The molecule has 114 valence electrons. The second-order valence-electron chi connectivity index (χ2n) is 5.15. The first-order valence-corrected chi connectivity index (χ1v) is 7.42. The van der Waals surface area contributed by atoms with Gasteiger partial charge in [-0.15, -0.1) is 0 Å². The van der Waals surface area contributed by atoms with Gasteiger partial charge in [-0.2, -0.15) is 5.10 Å². The molecule has 0 saturated heterocycles. The minimum Gasteiger partial charge on any atom is -0.469 e. The summed E-state index contributed by atoms with van der Waals surface area (Å²) in [5.41, 5.74) is 2.28. The predicted octanol–water partition coefficient (Wildman–Crippen LogP) is 3.31. The van der Waals surface area contributed by atoms with Gasteiger partial charge in [-0.3, -0.25) is 5.10 Å². The van der Waals surface area contributed by atoms with Crippen molar-refractivity contribution in [3.63, 3.8) is 0 Å². The van der Waals surface area contributed by atoms with E-state index in [1.807, 2.05) is 30.3 Å². The Morgan fingerprint density at radius 3 is 2.77 bits per heavy atom. The third-order valence-electron chi connectivity index (χ3n) is 3.44. The van der Waals surface area contributed by atoms with Crippen LogP contribution in [0.25, 0.3) is 0 Å². The third-order valence-corrected chi connectivity index (χ3v) is 3.70. The number of hydrogen-bond acceptors (Lipinski definition) is 4. The Kier molecular flexibility index (Phi) is 4.56. The summed E-state index contributed by atoms with van der Waals surface area (Å²) >= 11 is 5.88. The van der Waals surface area contributed by atoms with Crippen molar-refractivity contribution >= 4 is 11.6 Å². The van der Waals surface area contributed by atoms with E-state index in [0.29, 0.717) is 18.7 Å². The Labute approximate surface area is 133 Å². The van der Waals surface area contributed by atoms with Gasteiger partial charge >= 0.3 is 0 Å². The summed E-state index contributed by atoms with van der Waals surface area (Å²) < 4.78 is 5.54. The van der Waals surface area contributed by atoms with E-state index in [-0.39, 0.29) is 0 Å². The van der Waals surface area contributed by atoms with Gasteiger partial charge in [-0.25, -0.2) is 4.98 Å². The highest BCUT2D eigenvalue weighted by Gasteiger charge is 2.12. The molecule has 5 nitrogen and oxygen atoms in total. The van der Waals surface area contributed by atoms with Crippen LogP contribution in [-0.2, 0) is 12.8 Å². The molecule has 3 rings (SSSR count). The maximum absolute atomic E-state index is 9.95. The molecule has 2 heterocycles. The van der Waals surface area contributed by atoms with Gasteiger partial charge < -0.3 is 9.52 Å². The maximum Gasteiger partial charge on any atom is 0.153 e. The topological polar surface area (TPSA) is 74.9 Å². The summed E-state index contributed by atoms with van der Waals surface area (Å²) in [6.07, 6.45) is 4.45. The Morgan fingerprint density at radius 2 is 2.05 bits per heavy atom. The molecule has 1 unspecified atom stereocenters.